The third-order valence-corrected chi connectivity index (χ3v) is 4.18. The fourth-order valence-electron chi connectivity index (χ4n) is 2.25. The Labute approximate surface area is 116 Å². The maximum absolute atomic E-state index is 11.8. The van der Waals surface area contributed by atoms with E-state index in [4.69, 9.17) is 11.5 Å². The van der Waals surface area contributed by atoms with Crippen molar-refractivity contribution in [2.75, 3.05) is 12.0 Å². The number of carbonyl (C=O) groups is 1. The predicted octanol–water partition coefficient (Wildman–Crippen LogP) is 0.458. The summed E-state index contributed by atoms with van der Waals surface area (Å²) < 4.78 is 25.1. The van der Waals surface area contributed by atoms with Crippen molar-refractivity contribution >= 4 is 32.7 Å². The summed E-state index contributed by atoms with van der Waals surface area (Å²) in [7, 11) is -3.40. The molecule has 1 amide bonds. The first-order chi connectivity index (χ1) is 9.21. The molecule has 0 aliphatic heterocycles. The lowest BCUT2D eigenvalue weighted by Crippen LogP contribution is -2.18. The number of nitrogen functional groups attached to an aromatic ring is 1. The van der Waals surface area contributed by atoms with Gasteiger partial charge in [-0.3, -0.25) is 4.79 Å². The fourth-order valence-corrected chi connectivity index (χ4v) is 3.08. The van der Waals surface area contributed by atoms with E-state index in [9.17, 15) is 13.2 Å². The summed E-state index contributed by atoms with van der Waals surface area (Å²) in [6, 6.07) is 4.51. The zero-order valence-corrected chi connectivity index (χ0v) is 12.0. The van der Waals surface area contributed by atoms with Crippen molar-refractivity contribution in [3.8, 4) is 0 Å². The van der Waals surface area contributed by atoms with Crippen LogP contribution in [0, 0.1) is 0 Å². The van der Waals surface area contributed by atoms with Crippen LogP contribution in [-0.2, 0) is 14.6 Å². The monoisotopic (exact) mass is 296 g/mol. The van der Waals surface area contributed by atoms with Crippen LogP contribution in [-0.4, -0.2) is 30.1 Å². The van der Waals surface area contributed by atoms with Gasteiger partial charge in [0.05, 0.1) is 10.4 Å². The Kier molecular flexibility index (Phi) is 3.43. The summed E-state index contributed by atoms with van der Waals surface area (Å²) in [6.07, 6.45) is 1.21. The van der Waals surface area contributed by atoms with Gasteiger partial charge in [-0.1, -0.05) is 6.07 Å². The molecule has 0 saturated heterocycles. The Balaban J connectivity index is 2.70. The number of fused-ring (bicyclic) bond motifs is 1. The third kappa shape index (κ3) is 2.46. The molecule has 0 radical (unpaired) electrons. The molecule has 1 aromatic carbocycles. The van der Waals surface area contributed by atoms with E-state index in [1.165, 1.54) is 6.07 Å². The van der Waals surface area contributed by atoms with E-state index in [2.05, 4.69) is 4.98 Å². The second-order valence-electron chi connectivity index (χ2n) is 4.76. The van der Waals surface area contributed by atoms with Crippen LogP contribution in [0.3, 0.4) is 0 Å². The predicted molar refractivity (Wildman–Crippen MR) is 75.8 cm³/mol. The molecule has 0 bridgehead atoms. The molecule has 0 fully saturated rings. The number of amides is 1. The molecule has 1 atom stereocenters. The highest BCUT2D eigenvalue weighted by Gasteiger charge is 2.20. The lowest BCUT2D eigenvalue weighted by atomic mass is 10.2. The molecule has 8 heteroatoms. The molecule has 0 spiro atoms. The molecule has 0 aliphatic rings. The zero-order chi connectivity index (χ0) is 15.1. The standard InChI is InChI=1S/C12H16N4O3S/c1-7(6-10(13)17)16-8-4-3-5-9(20(2,18)19)11(8)15-12(16)14/h3-5,7H,6H2,1-2H3,(H2,13,17)(H2,14,15). The van der Waals surface area contributed by atoms with E-state index in [1.807, 2.05) is 0 Å². The normalized spacial score (nSPS) is 13.5. The topological polar surface area (TPSA) is 121 Å². The highest BCUT2D eigenvalue weighted by atomic mass is 32.2. The van der Waals surface area contributed by atoms with E-state index in [-0.39, 0.29) is 23.3 Å². The van der Waals surface area contributed by atoms with Crippen molar-refractivity contribution in [1.29, 1.82) is 0 Å². The number of imidazole rings is 1. The van der Waals surface area contributed by atoms with E-state index in [1.54, 1.807) is 23.6 Å². The van der Waals surface area contributed by atoms with Crippen LogP contribution in [0.15, 0.2) is 23.1 Å². The van der Waals surface area contributed by atoms with Crippen molar-refractivity contribution in [2.45, 2.75) is 24.3 Å². The molecule has 7 nitrogen and oxygen atoms in total. The number of carbonyl (C=O) groups excluding carboxylic acids is 1. The number of aromatic nitrogens is 2. The van der Waals surface area contributed by atoms with Gasteiger partial charge in [0.25, 0.3) is 0 Å². The molecule has 2 aromatic rings. The van der Waals surface area contributed by atoms with Gasteiger partial charge in [-0.25, -0.2) is 13.4 Å². The quantitative estimate of drug-likeness (QED) is 0.848. The van der Waals surface area contributed by atoms with Crippen LogP contribution in [0.2, 0.25) is 0 Å². The van der Waals surface area contributed by atoms with Crippen molar-refractivity contribution in [3.63, 3.8) is 0 Å². The molecule has 1 unspecified atom stereocenters. The summed E-state index contributed by atoms with van der Waals surface area (Å²) in [5.74, 6) is -0.303. The van der Waals surface area contributed by atoms with Crippen molar-refractivity contribution in [1.82, 2.24) is 9.55 Å². The number of benzene rings is 1. The second kappa shape index (κ2) is 4.78. The molecule has 1 heterocycles. The summed E-state index contributed by atoms with van der Waals surface area (Å²) >= 11 is 0. The van der Waals surface area contributed by atoms with Crippen LogP contribution >= 0.6 is 0 Å². The molecule has 0 aliphatic carbocycles. The van der Waals surface area contributed by atoms with E-state index < -0.39 is 15.7 Å². The highest BCUT2D eigenvalue weighted by molar-refractivity contribution is 7.91. The number of sulfone groups is 1. The molecular weight excluding hydrogens is 280 g/mol. The van der Waals surface area contributed by atoms with Gasteiger partial charge in [0, 0.05) is 18.7 Å². The molecule has 4 N–H and O–H groups in total. The maximum Gasteiger partial charge on any atom is 0.219 e. The first-order valence-corrected chi connectivity index (χ1v) is 7.85. The van der Waals surface area contributed by atoms with Gasteiger partial charge in [-0.05, 0) is 19.1 Å². The number of hydrogen-bond acceptors (Lipinski definition) is 5. The van der Waals surface area contributed by atoms with Crippen LogP contribution in [0.4, 0.5) is 5.95 Å². The Morgan fingerprint density at radius 2 is 2.10 bits per heavy atom. The van der Waals surface area contributed by atoms with E-state index in [0.717, 1.165) is 6.26 Å². The second-order valence-corrected chi connectivity index (χ2v) is 6.74. The van der Waals surface area contributed by atoms with Gasteiger partial charge in [0.1, 0.15) is 5.52 Å². The number of anilines is 1. The summed E-state index contributed by atoms with van der Waals surface area (Å²) in [5.41, 5.74) is 11.9. The minimum atomic E-state index is -3.40. The summed E-state index contributed by atoms with van der Waals surface area (Å²) in [5, 5.41) is 0. The van der Waals surface area contributed by atoms with Crippen LogP contribution in [0.1, 0.15) is 19.4 Å². The number of rotatable bonds is 4. The molecule has 20 heavy (non-hydrogen) atoms. The first kappa shape index (κ1) is 14.3. The van der Waals surface area contributed by atoms with Crippen molar-refractivity contribution < 1.29 is 13.2 Å². The Morgan fingerprint density at radius 1 is 1.45 bits per heavy atom. The number of nitrogens with two attached hydrogens (primary N) is 2. The van der Waals surface area contributed by atoms with Gasteiger partial charge in [0.2, 0.25) is 11.9 Å². The Bertz CT molecular complexity index is 779. The lowest BCUT2D eigenvalue weighted by molar-refractivity contribution is -0.118. The SMILES string of the molecule is CC(CC(N)=O)n1c(N)nc2c(S(C)(=O)=O)cccc21. The van der Waals surface area contributed by atoms with Gasteiger partial charge < -0.3 is 16.0 Å². The Morgan fingerprint density at radius 3 is 2.65 bits per heavy atom. The average molecular weight is 296 g/mol. The third-order valence-electron chi connectivity index (χ3n) is 3.05. The maximum atomic E-state index is 11.8. The summed E-state index contributed by atoms with van der Waals surface area (Å²) in [6.45, 7) is 1.77. The van der Waals surface area contributed by atoms with Crippen LogP contribution < -0.4 is 11.5 Å². The van der Waals surface area contributed by atoms with E-state index >= 15 is 0 Å². The van der Waals surface area contributed by atoms with Gasteiger partial charge in [-0.15, -0.1) is 0 Å². The number of nitrogens with zero attached hydrogens (tertiary/aromatic N) is 2. The van der Waals surface area contributed by atoms with Gasteiger partial charge in [-0.2, -0.15) is 0 Å². The minimum Gasteiger partial charge on any atom is -0.370 e. The van der Waals surface area contributed by atoms with Gasteiger partial charge >= 0.3 is 0 Å². The van der Waals surface area contributed by atoms with Gasteiger partial charge in [0.15, 0.2) is 9.84 Å². The smallest absolute Gasteiger partial charge is 0.219 e. The molecule has 1 aromatic heterocycles. The van der Waals surface area contributed by atoms with E-state index in [0.29, 0.717) is 11.0 Å². The number of primary amides is 1. The first-order valence-electron chi connectivity index (χ1n) is 5.96. The largest absolute Gasteiger partial charge is 0.370 e. The number of para-hydroxylation sites is 1. The van der Waals surface area contributed by atoms with Crippen LogP contribution in [0.25, 0.3) is 11.0 Å². The molecular formula is C12H16N4O3S. The zero-order valence-electron chi connectivity index (χ0n) is 11.2. The van der Waals surface area contributed by atoms with Crippen molar-refractivity contribution in [2.24, 2.45) is 5.73 Å². The minimum absolute atomic E-state index is 0.0960. The number of hydrogen-bond donors (Lipinski definition) is 2. The highest BCUT2D eigenvalue weighted by Crippen LogP contribution is 2.28. The molecule has 2 rings (SSSR count). The van der Waals surface area contributed by atoms with Crippen molar-refractivity contribution in [3.05, 3.63) is 18.2 Å². The molecule has 0 saturated carbocycles. The summed E-state index contributed by atoms with van der Waals surface area (Å²) in [4.78, 5) is 15.3. The average Bonchev–Trinajstić information content (AvgIpc) is 2.61. The lowest BCUT2D eigenvalue weighted by Gasteiger charge is -2.14. The fraction of sp³-hybridized carbons (Fsp3) is 0.333. The molecule has 108 valence electrons. The van der Waals surface area contributed by atoms with Crippen LogP contribution in [0.5, 0.6) is 0 Å². The Hall–Kier alpha value is -2.09.